The van der Waals surface area contributed by atoms with Crippen molar-refractivity contribution in [3.8, 4) is 5.75 Å². The molecule has 0 radical (unpaired) electrons. The largest absolute Gasteiger partial charge is 0.489 e. The van der Waals surface area contributed by atoms with E-state index in [9.17, 15) is 9.59 Å². The molecule has 7 nitrogen and oxygen atoms in total. The molecule has 0 bridgehead atoms. The van der Waals surface area contributed by atoms with Gasteiger partial charge in [-0.2, -0.15) is 0 Å². The molecular weight excluding hydrogens is 322 g/mol. The van der Waals surface area contributed by atoms with Crippen molar-refractivity contribution in [1.29, 1.82) is 0 Å². The highest BCUT2D eigenvalue weighted by atomic mass is 16.5. The molecule has 0 heterocycles. The first-order valence-electron chi connectivity index (χ1n) is 7.84. The van der Waals surface area contributed by atoms with Crippen molar-refractivity contribution in [3.05, 3.63) is 60.2 Å². The normalized spacial score (nSPS) is 11.4. The van der Waals surface area contributed by atoms with Crippen molar-refractivity contribution in [2.24, 2.45) is 5.73 Å². The number of anilines is 1. The molecular formula is C18H21N3O4. The van der Waals surface area contributed by atoms with E-state index < -0.39 is 11.9 Å². The van der Waals surface area contributed by atoms with Crippen molar-refractivity contribution < 1.29 is 19.5 Å². The van der Waals surface area contributed by atoms with Crippen molar-refractivity contribution in [3.63, 3.8) is 0 Å². The van der Waals surface area contributed by atoms with Gasteiger partial charge in [-0.05, 0) is 36.2 Å². The Kier molecular flexibility index (Phi) is 6.94. The van der Waals surface area contributed by atoms with Crippen LogP contribution >= 0.6 is 0 Å². The predicted molar refractivity (Wildman–Crippen MR) is 93.0 cm³/mol. The third kappa shape index (κ3) is 6.25. The molecule has 0 saturated heterocycles. The summed E-state index contributed by atoms with van der Waals surface area (Å²) < 4.78 is 5.67. The van der Waals surface area contributed by atoms with Crippen LogP contribution in [-0.4, -0.2) is 23.1 Å². The molecule has 132 valence electrons. The van der Waals surface area contributed by atoms with Gasteiger partial charge in [0.1, 0.15) is 12.4 Å². The van der Waals surface area contributed by atoms with Crippen molar-refractivity contribution >= 4 is 17.5 Å². The summed E-state index contributed by atoms with van der Waals surface area (Å²) in [5.74, 6) is -0.282. The van der Waals surface area contributed by atoms with Crippen LogP contribution in [0, 0.1) is 0 Å². The maximum Gasteiger partial charge on any atom is 0.260 e. The second-order valence-corrected chi connectivity index (χ2v) is 5.47. The highest BCUT2D eigenvalue weighted by molar-refractivity contribution is 5.91. The molecule has 0 aliphatic rings. The summed E-state index contributed by atoms with van der Waals surface area (Å²) in [6.45, 7) is 0.470. The number of hydrogen-bond acceptors (Lipinski definition) is 5. The fraction of sp³-hybridized carbons (Fsp3) is 0.222. The van der Waals surface area contributed by atoms with E-state index in [-0.39, 0.29) is 18.7 Å². The van der Waals surface area contributed by atoms with E-state index in [2.05, 4.69) is 5.32 Å². The first-order valence-corrected chi connectivity index (χ1v) is 7.84. The predicted octanol–water partition coefficient (Wildman–Crippen LogP) is 1.82. The van der Waals surface area contributed by atoms with E-state index in [0.29, 0.717) is 18.0 Å². The van der Waals surface area contributed by atoms with Crippen LogP contribution in [-0.2, 0) is 16.2 Å². The van der Waals surface area contributed by atoms with Crippen LogP contribution in [0.2, 0.25) is 0 Å². The summed E-state index contributed by atoms with van der Waals surface area (Å²) in [6, 6.07) is 15.9. The maximum absolute atomic E-state index is 11.8. The number of nitrogens with one attached hydrogen (secondary N) is 2. The molecule has 0 aliphatic heterocycles. The summed E-state index contributed by atoms with van der Waals surface area (Å²) in [7, 11) is 0. The van der Waals surface area contributed by atoms with Crippen molar-refractivity contribution in [1.82, 2.24) is 5.48 Å². The Morgan fingerprint density at radius 2 is 1.76 bits per heavy atom. The SMILES string of the molecule is N[C@@H](CCC(=O)Nc1ccc(OCc2ccccc2)cc1)C(=O)NO. The van der Waals surface area contributed by atoms with E-state index in [0.717, 1.165) is 5.56 Å². The Morgan fingerprint density at radius 1 is 1.08 bits per heavy atom. The lowest BCUT2D eigenvalue weighted by Gasteiger charge is -2.10. The van der Waals surface area contributed by atoms with Gasteiger partial charge >= 0.3 is 0 Å². The molecule has 0 unspecified atom stereocenters. The zero-order valence-corrected chi connectivity index (χ0v) is 13.6. The summed E-state index contributed by atoms with van der Waals surface area (Å²) in [6.07, 6.45) is 0.206. The fourth-order valence-electron chi connectivity index (χ4n) is 2.10. The molecule has 0 aliphatic carbocycles. The fourth-order valence-corrected chi connectivity index (χ4v) is 2.10. The number of amides is 2. The first-order chi connectivity index (χ1) is 12.1. The van der Waals surface area contributed by atoms with Gasteiger partial charge in [0.15, 0.2) is 0 Å². The Balaban J connectivity index is 1.77. The molecule has 2 aromatic rings. The van der Waals surface area contributed by atoms with Gasteiger partial charge in [0.25, 0.3) is 5.91 Å². The van der Waals surface area contributed by atoms with Crippen LogP contribution in [0.25, 0.3) is 0 Å². The number of hydroxylamine groups is 1. The van der Waals surface area contributed by atoms with Crippen LogP contribution in [0.15, 0.2) is 54.6 Å². The standard InChI is InChI=1S/C18H21N3O4/c19-16(18(23)21-24)10-11-17(22)20-14-6-8-15(9-7-14)25-12-13-4-2-1-3-5-13/h1-9,16,24H,10-12,19H2,(H,20,22)(H,21,23)/t16-/m0/s1. The number of ether oxygens (including phenoxy) is 1. The van der Waals surface area contributed by atoms with Crippen LogP contribution in [0.1, 0.15) is 18.4 Å². The quantitative estimate of drug-likeness (QED) is 0.431. The molecule has 0 fully saturated rings. The van der Waals surface area contributed by atoms with Crippen molar-refractivity contribution in [2.75, 3.05) is 5.32 Å². The van der Waals surface area contributed by atoms with E-state index >= 15 is 0 Å². The smallest absolute Gasteiger partial charge is 0.260 e. The number of hydrogen-bond donors (Lipinski definition) is 4. The molecule has 0 spiro atoms. The summed E-state index contributed by atoms with van der Waals surface area (Å²) in [5, 5.41) is 11.2. The summed E-state index contributed by atoms with van der Waals surface area (Å²) in [4.78, 5) is 22.9. The number of carbonyl (C=O) groups is 2. The first kappa shape index (κ1) is 18.4. The van der Waals surface area contributed by atoms with Gasteiger partial charge in [-0.1, -0.05) is 30.3 Å². The lowest BCUT2D eigenvalue weighted by Crippen LogP contribution is -2.39. The van der Waals surface area contributed by atoms with E-state index in [1.807, 2.05) is 30.3 Å². The van der Waals surface area contributed by atoms with E-state index in [1.165, 1.54) is 5.48 Å². The summed E-state index contributed by atoms with van der Waals surface area (Å²) in [5.41, 5.74) is 8.66. The highest BCUT2D eigenvalue weighted by Crippen LogP contribution is 2.17. The van der Waals surface area contributed by atoms with Crippen LogP contribution in [0.5, 0.6) is 5.75 Å². The van der Waals surface area contributed by atoms with Gasteiger partial charge in [-0.15, -0.1) is 0 Å². The van der Waals surface area contributed by atoms with E-state index in [1.54, 1.807) is 24.3 Å². The zero-order valence-electron chi connectivity index (χ0n) is 13.6. The molecule has 2 aromatic carbocycles. The minimum Gasteiger partial charge on any atom is -0.489 e. The Hall–Kier alpha value is -2.90. The van der Waals surface area contributed by atoms with Gasteiger partial charge in [0.05, 0.1) is 6.04 Å². The third-order valence-electron chi connectivity index (χ3n) is 3.52. The lowest BCUT2D eigenvalue weighted by molar-refractivity contribution is -0.130. The molecule has 2 amide bonds. The van der Waals surface area contributed by atoms with Gasteiger partial charge in [-0.3, -0.25) is 14.8 Å². The molecule has 0 aromatic heterocycles. The Morgan fingerprint density at radius 3 is 2.40 bits per heavy atom. The van der Waals surface area contributed by atoms with Gasteiger partial charge in [0, 0.05) is 12.1 Å². The van der Waals surface area contributed by atoms with Crippen LogP contribution < -0.4 is 21.3 Å². The Bertz CT molecular complexity index is 689. The topological polar surface area (TPSA) is 114 Å². The van der Waals surface area contributed by atoms with Crippen LogP contribution in [0.3, 0.4) is 0 Å². The lowest BCUT2D eigenvalue weighted by atomic mass is 10.1. The van der Waals surface area contributed by atoms with Gasteiger partial charge in [0.2, 0.25) is 5.91 Å². The van der Waals surface area contributed by atoms with Crippen LogP contribution in [0.4, 0.5) is 5.69 Å². The molecule has 0 saturated carbocycles. The minimum absolute atomic E-state index is 0.0703. The number of carbonyl (C=O) groups excluding carboxylic acids is 2. The molecule has 2 rings (SSSR count). The van der Waals surface area contributed by atoms with Gasteiger partial charge < -0.3 is 15.8 Å². The molecule has 7 heteroatoms. The highest BCUT2D eigenvalue weighted by Gasteiger charge is 2.14. The third-order valence-corrected chi connectivity index (χ3v) is 3.52. The average Bonchev–Trinajstić information content (AvgIpc) is 2.65. The van der Waals surface area contributed by atoms with Gasteiger partial charge in [-0.25, -0.2) is 5.48 Å². The average molecular weight is 343 g/mol. The van der Waals surface area contributed by atoms with E-state index in [4.69, 9.17) is 15.7 Å². The monoisotopic (exact) mass is 343 g/mol. The second kappa shape index (κ2) is 9.41. The zero-order chi connectivity index (χ0) is 18.1. The number of benzene rings is 2. The minimum atomic E-state index is -0.926. The van der Waals surface area contributed by atoms with Crippen molar-refractivity contribution in [2.45, 2.75) is 25.5 Å². The summed E-state index contributed by atoms with van der Waals surface area (Å²) >= 11 is 0. The maximum atomic E-state index is 11.8. The second-order valence-electron chi connectivity index (χ2n) is 5.47. The molecule has 5 N–H and O–H groups in total. The number of rotatable bonds is 8. The number of nitrogens with two attached hydrogens (primary N) is 1. The molecule has 1 atom stereocenters. The Labute approximate surface area is 145 Å². The molecule has 25 heavy (non-hydrogen) atoms.